The summed E-state index contributed by atoms with van der Waals surface area (Å²) in [5.74, 6) is -0.204. The van der Waals surface area contributed by atoms with Crippen molar-refractivity contribution in [1.29, 1.82) is 0 Å². The molecule has 1 saturated heterocycles. The molecule has 5 heteroatoms. The SMILES string of the molecule is CC(=O)OCCC1(c2cccs2)CNC(=O)C1. The van der Waals surface area contributed by atoms with Gasteiger partial charge in [0.1, 0.15) is 0 Å². The molecule has 2 rings (SSSR count). The summed E-state index contributed by atoms with van der Waals surface area (Å²) in [6.45, 7) is 2.39. The van der Waals surface area contributed by atoms with Gasteiger partial charge in [0.2, 0.25) is 5.91 Å². The van der Waals surface area contributed by atoms with Crippen molar-refractivity contribution >= 4 is 23.2 Å². The van der Waals surface area contributed by atoms with E-state index < -0.39 is 0 Å². The van der Waals surface area contributed by atoms with E-state index in [0.717, 1.165) is 0 Å². The maximum Gasteiger partial charge on any atom is 0.302 e. The highest BCUT2D eigenvalue weighted by Gasteiger charge is 2.40. The topological polar surface area (TPSA) is 55.4 Å². The minimum atomic E-state index is -0.274. The summed E-state index contributed by atoms with van der Waals surface area (Å²) in [6.07, 6.45) is 1.17. The molecule has 1 atom stereocenters. The Labute approximate surface area is 104 Å². The summed E-state index contributed by atoms with van der Waals surface area (Å²) < 4.78 is 4.99. The first kappa shape index (κ1) is 12.1. The fourth-order valence-corrected chi connectivity index (χ4v) is 3.10. The first-order valence-electron chi connectivity index (χ1n) is 5.56. The van der Waals surface area contributed by atoms with Crippen molar-refractivity contribution in [2.75, 3.05) is 13.2 Å². The normalized spacial score (nSPS) is 23.5. The van der Waals surface area contributed by atoms with Crippen molar-refractivity contribution < 1.29 is 14.3 Å². The lowest BCUT2D eigenvalue weighted by atomic mass is 9.82. The molecule has 0 aromatic carbocycles. The van der Waals surface area contributed by atoms with E-state index >= 15 is 0 Å². The molecule has 17 heavy (non-hydrogen) atoms. The molecule has 4 nitrogen and oxygen atoms in total. The van der Waals surface area contributed by atoms with Crippen molar-refractivity contribution in [3.8, 4) is 0 Å². The molecule has 0 saturated carbocycles. The van der Waals surface area contributed by atoms with Crippen LogP contribution in [0.15, 0.2) is 17.5 Å². The Hall–Kier alpha value is -1.36. The number of ether oxygens (including phenoxy) is 1. The molecule has 1 aromatic rings. The van der Waals surface area contributed by atoms with Crippen LogP contribution in [0.25, 0.3) is 0 Å². The minimum Gasteiger partial charge on any atom is -0.466 e. The molecule has 1 amide bonds. The number of hydrogen-bond donors (Lipinski definition) is 1. The number of thiophene rings is 1. The van der Waals surface area contributed by atoms with Gasteiger partial charge in [0.15, 0.2) is 0 Å². The number of esters is 1. The van der Waals surface area contributed by atoms with E-state index in [4.69, 9.17) is 4.74 Å². The predicted molar refractivity (Wildman–Crippen MR) is 64.9 cm³/mol. The third-order valence-corrected chi connectivity index (χ3v) is 4.17. The molecule has 1 N–H and O–H groups in total. The molecule has 1 fully saturated rings. The summed E-state index contributed by atoms with van der Waals surface area (Å²) in [7, 11) is 0. The lowest BCUT2D eigenvalue weighted by Gasteiger charge is -2.25. The van der Waals surface area contributed by atoms with Gasteiger partial charge >= 0.3 is 5.97 Å². The fourth-order valence-electron chi connectivity index (χ4n) is 2.14. The van der Waals surface area contributed by atoms with Crippen molar-refractivity contribution in [3.63, 3.8) is 0 Å². The molecule has 0 aliphatic carbocycles. The van der Waals surface area contributed by atoms with Gasteiger partial charge in [0.25, 0.3) is 0 Å². The van der Waals surface area contributed by atoms with Gasteiger partial charge in [-0.05, 0) is 17.9 Å². The summed E-state index contributed by atoms with van der Waals surface area (Å²) >= 11 is 1.65. The molecule has 2 heterocycles. The van der Waals surface area contributed by atoms with Gasteiger partial charge in [0.05, 0.1) is 6.61 Å². The van der Waals surface area contributed by atoms with Crippen molar-refractivity contribution in [1.82, 2.24) is 5.32 Å². The van der Waals surface area contributed by atoms with E-state index in [1.165, 1.54) is 11.8 Å². The Kier molecular flexibility index (Phi) is 3.47. The molecule has 0 spiro atoms. The van der Waals surface area contributed by atoms with E-state index in [2.05, 4.69) is 5.32 Å². The Morgan fingerprint density at radius 2 is 2.47 bits per heavy atom. The lowest BCUT2D eigenvalue weighted by molar-refractivity contribution is -0.141. The van der Waals surface area contributed by atoms with Crippen LogP contribution in [0.2, 0.25) is 0 Å². The van der Waals surface area contributed by atoms with E-state index in [-0.39, 0.29) is 17.3 Å². The quantitative estimate of drug-likeness (QED) is 0.826. The smallest absolute Gasteiger partial charge is 0.302 e. The largest absolute Gasteiger partial charge is 0.466 e. The number of rotatable bonds is 4. The van der Waals surface area contributed by atoms with E-state index in [1.807, 2.05) is 17.5 Å². The van der Waals surface area contributed by atoms with Gasteiger partial charge in [-0.25, -0.2) is 0 Å². The highest BCUT2D eigenvalue weighted by Crippen LogP contribution is 2.37. The van der Waals surface area contributed by atoms with E-state index in [0.29, 0.717) is 26.0 Å². The molecule has 0 bridgehead atoms. The van der Waals surface area contributed by atoms with Gasteiger partial charge < -0.3 is 10.1 Å². The number of amides is 1. The van der Waals surface area contributed by atoms with Gasteiger partial charge in [0, 0.05) is 30.2 Å². The zero-order valence-electron chi connectivity index (χ0n) is 9.69. The first-order valence-corrected chi connectivity index (χ1v) is 6.44. The van der Waals surface area contributed by atoms with Gasteiger partial charge in [-0.1, -0.05) is 6.07 Å². The van der Waals surface area contributed by atoms with Crippen LogP contribution in [0, 0.1) is 0 Å². The predicted octanol–water partition coefficient (Wildman–Crippen LogP) is 1.46. The van der Waals surface area contributed by atoms with Crippen molar-refractivity contribution in [2.24, 2.45) is 0 Å². The molecule has 92 valence electrons. The number of hydrogen-bond acceptors (Lipinski definition) is 4. The second-order valence-corrected chi connectivity index (χ2v) is 5.25. The van der Waals surface area contributed by atoms with Crippen molar-refractivity contribution in [3.05, 3.63) is 22.4 Å². The van der Waals surface area contributed by atoms with Crippen molar-refractivity contribution in [2.45, 2.75) is 25.2 Å². The summed E-state index contributed by atoms with van der Waals surface area (Å²) in [6, 6.07) is 4.02. The van der Waals surface area contributed by atoms with Crippen LogP contribution in [-0.2, 0) is 19.7 Å². The average molecular weight is 253 g/mol. The van der Waals surface area contributed by atoms with Crippen LogP contribution in [0.4, 0.5) is 0 Å². The van der Waals surface area contributed by atoms with E-state index in [1.54, 1.807) is 11.3 Å². The third-order valence-electron chi connectivity index (χ3n) is 3.05. The number of carbonyl (C=O) groups is 2. The highest BCUT2D eigenvalue weighted by molar-refractivity contribution is 7.10. The van der Waals surface area contributed by atoms with Crippen LogP contribution in [0.1, 0.15) is 24.6 Å². The molecule has 1 aromatic heterocycles. The summed E-state index contributed by atoms with van der Waals surface area (Å²) in [5.41, 5.74) is -0.194. The van der Waals surface area contributed by atoms with Crippen LogP contribution < -0.4 is 5.32 Å². The average Bonchev–Trinajstić information content (AvgIpc) is 2.87. The number of nitrogens with one attached hydrogen (secondary N) is 1. The molecular formula is C12H15NO3S. The molecule has 1 unspecified atom stereocenters. The summed E-state index contributed by atoms with van der Waals surface area (Å²) in [5, 5.41) is 4.87. The molecular weight excluding hydrogens is 238 g/mol. The van der Waals surface area contributed by atoms with Gasteiger partial charge in [-0.2, -0.15) is 0 Å². The highest BCUT2D eigenvalue weighted by atomic mass is 32.1. The third kappa shape index (κ3) is 2.66. The molecule has 0 radical (unpaired) electrons. The Morgan fingerprint density at radius 1 is 1.65 bits per heavy atom. The molecule has 1 aliphatic heterocycles. The zero-order chi connectivity index (χ0) is 12.3. The maximum atomic E-state index is 11.4. The first-order chi connectivity index (χ1) is 8.12. The van der Waals surface area contributed by atoms with Gasteiger partial charge in [-0.3, -0.25) is 9.59 Å². The Morgan fingerprint density at radius 3 is 3.00 bits per heavy atom. The zero-order valence-corrected chi connectivity index (χ0v) is 10.5. The maximum absolute atomic E-state index is 11.4. The Bertz CT molecular complexity index is 415. The van der Waals surface area contributed by atoms with Crippen LogP contribution in [0.5, 0.6) is 0 Å². The van der Waals surface area contributed by atoms with Crippen LogP contribution in [-0.4, -0.2) is 25.0 Å². The van der Waals surface area contributed by atoms with E-state index in [9.17, 15) is 9.59 Å². The van der Waals surface area contributed by atoms with Gasteiger partial charge in [-0.15, -0.1) is 11.3 Å². The fraction of sp³-hybridized carbons (Fsp3) is 0.500. The second kappa shape index (κ2) is 4.87. The summed E-state index contributed by atoms with van der Waals surface area (Å²) in [4.78, 5) is 23.4. The minimum absolute atomic E-state index is 0.0706. The molecule has 1 aliphatic rings. The lowest BCUT2D eigenvalue weighted by Crippen LogP contribution is -2.29. The second-order valence-electron chi connectivity index (χ2n) is 4.30. The van der Waals surface area contributed by atoms with Crippen LogP contribution in [0.3, 0.4) is 0 Å². The standard InChI is InChI=1S/C12H15NO3S/c1-9(14)16-5-4-12(7-11(15)13-8-12)10-3-2-6-17-10/h2-3,6H,4-5,7-8H2,1H3,(H,13,15). The monoisotopic (exact) mass is 253 g/mol. The number of carbonyl (C=O) groups excluding carboxylic acids is 2. The van der Waals surface area contributed by atoms with Crippen LogP contribution >= 0.6 is 11.3 Å². The Balaban J connectivity index is 2.09.